The molecule has 2 aliphatic heterocycles. The number of nitrogens with zero attached hydrogens (tertiary/aromatic N) is 2. The lowest BCUT2D eigenvalue weighted by Crippen LogP contribution is -2.53. The molecule has 5 nitrogen and oxygen atoms in total. The zero-order valence-electron chi connectivity index (χ0n) is 15.0. The van der Waals surface area contributed by atoms with Crippen LogP contribution in [0.2, 0.25) is 0 Å². The van der Waals surface area contributed by atoms with Crippen molar-refractivity contribution in [3.8, 4) is 0 Å². The van der Waals surface area contributed by atoms with E-state index in [2.05, 4.69) is 11.8 Å². The molecule has 1 aromatic rings. The fraction of sp³-hybridized carbons (Fsp3) is 0.650. The van der Waals surface area contributed by atoms with E-state index in [1.165, 1.54) is 0 Å². The first kappa shape index (κ1) is 17.0. The normalized spacial score (nSPS) is 33.3. The first-order valence-electron chi connectivity index (χ1n) is 9.53. The van der Waals surface area contributed by atoms with Crippen molar-refractivity contribution < 1.29 is 14.6 Å². The fourth-order valence-corrected chi connectivity index (χ4v) is 4.39. The summed E-state index contributed by atoms with van der Waals surface area (Å²) in [5, 5.41) is 10.1. The van der Waals surface area contributed by atoms with Gasteiger partial charge in [-0.3, -0.25) is 9.69 Å². The van der Waals surface area contributed by atoms with Gasteiger partial charge < -0.3 is 14.7 Å². The van der Waals surface area contributed by atoms with Crippen LogP contribution in [0.15, 0.2) is 24.3 Å². The van der Waals surface area contributed by atoms with Gasteiger partial charge in [0.05, 0.1) is 18.3 Å². The third-order valence-electron chi connectivity index (χ3n) is 6.26. The van der Waals surface area contributed by atoms with Crippen molar-refractivity contribution >= 4 is 5.91 Å². The van der Waals surface area contributed by atoms with Gasteiger partial charge in [0.15, 0.2) is 0 Å². The Morgan fingerprint density at radius 2 is 1.84 bits per heavy atom. The molecule has 2 heterocycles. The van der Waals surface area contributed by atoms with Crippen LogP contribution in [0.1, 0.15) is 48.5 Å². The fourth-order valence-electron chi connectivity index (χ4n) is 4.39. The van der Waals surface area contributed by atoms with Crippen LogP contribution >= 0.6 is 0 Å². The number of carbonyl (C=O) groups is 1. The predicted molar refractivity (Wildman–Crippen MR) is 95.5 cm³/mol. The van der Waals surface area contributed by atoms with Crippen LogP contribution in [0.5, 0.6) is 0 Å². The first-order chi connectivity index (χ1) is 12.1. The summed E-state index contributed by atoms with van der Waals surface area (Å²) in [6.45, 7) is 6.12. The maximum absolute atomic E-state index is 12.8. The lowest BCUT2D eigenvalue weighted by atomic mass is 9.88. The Balaban J connectivity index is 1.35. The van der Waals surface area contributed by atoms with Crippen LogP contribution in [0.3, 0.4) is 0 Å². The lowest BCUT2D eigenvalue weighted by Gasteiger charge is -2.40. The highest BCUT2D eigenvalue weighted by molar-refractivity contribution is 5.94. The van der Waals surface area contributed by atoms with Crippen LogP contribution in [-0.2, 0) is 10.3 Å². The number of rotatable bonds is 3. The number of amides is 1. The highest BCUT2D eigenvalue weighted by Gasteiger charge is 2.35. The Labute approximate surface area is 149 Å². The third kappa shape index (κ3) is 3.21. The van der Waals surface area contributed by atoms with Crippen LogP contribution < -0.4 is 0 Å². The molecule has 3 fully saturated rings. The van der Waals surface area contributed by atoms with Crippen molar-refractivity contribution in [2.75, 3.05) is 32.8 Å². The van der Waals surface area contributed by atoms with E-state index in [0.717, 1.165) is 69.6 Å². The van der Waals surface area contributed by atoms with Crippen molar-refractivity contribution in [2.24, 2.45) is 0 Å². The Morgan fingerprint density at radius 3 is 2.36 bits per heavy atom. The van der Waals surface area contributed by atoms with Crippen LogP contribution in [0.4, 0.5) is 0 Å². The van der Waals surface area contributed by atoms with Gasteiger partial charge in [0.1, 0.15) is 0 Å². The number of carbonyl (C=O) groups excluding carboxylic acids is 1. The summed E-state index contributed by atoms with van der Waals surface area (Å²) in [7, 11) is 0. The van der Waals surface area contributed by atoms with Gasteiger partial charge in [0.2, 0.25) is 0 Å². The number of benzene rings is 1. The molecule has 3 aliphatic rings. The van der Waals surface area contributed by atoms with Gasteiger partial charge in [0, 0.05) is 44.2 Å². The van der Waals surface area contributed by atoms with Gasteiger partial charge in [-0.1, -0.05) is 12.1 Å². The molecule has 136 valence electrons. The number of hydrogen-bond donors (Lipinski definition) is 1. The molecule has 4 rings (SSSR count). The second kappa shape index (κ2) is 6.71. The lowest BCUT2D eigenvalue weighted by molar-refractivity contribution is -0.140. The molecular formula is C20H28N2O3. The summed E-state index contributed by atoms with van der Waals surface area (Å²) in [5.41, 5.74) is 1.73. The molecule has 1 aromatic carbocycles. The molecule has 1 N–H and O–H groups in total. The summed E-state index contributed by atoms with van der Waals surface area (Å²) in [6, 6.07) is 8.20. The summed E-state index contributed by atoms with van der Waals surface area (Å²) in [4.78, 5) is 17.1. The highest BCUT2D eigenvalue weighted by Crippen LogP contribution is 2.36. The highest BCUT2D eigenvalue weighted by atomic mass is 16.5. The molecular weight excluding hydrogens is 316 g/mol. The Bertz CT molecular complexity index is 618. The van der Waals surface area contributed by atoms with Gasteiger partial charge in [0.25, 0.3) is 5.91 Å². The molecule has 3 atom stereocenters. The molecule has 0 bridgehead atoms. The number of ether oxygens (including phenoxy) is 1. The van der Waals surface area contributed by atoms with Crippen molar-refractivity contribution in [2.45, 2.75) is 50.4 Å². The van der Waals surface area contributed by atoms with E-state index >= 15 is 0 Å². The molecule has 2 saturated heterocycles. The Hall–Kier alpha value is -1.43. The number of hydrogen-bond acceptors (Lipinski definition) is 4. The van der Waals surface area contributed by atoms with Crippen LogP contribution in [0, 0.1) is 0 Å². The summed E-state index contributed by atoms with van der Waals surface area (Å²) in [5.74, 6) is 0.109. The van der Waals surface area contributed by atoms with Crippen LogP contribution in [-0.4, -0.2) is 65.7 Å². The maximum Gasteiger partial charge on any atom is 0.253 e. The maximum atomic E-state index is 12.8. The topological polar surface area (TPSA) is 53.0 Å². The minimum atomic E-state index is -0.190. The Kier molecular flexibility index (Phi) is 4.56. The van der Waals surface area contributed by atoms with E-state index in [9.17, 15) is 9.90 Å². The van der Waals surface area contributed by atoms with Crippen molar-refractivity contribution in [3.05, 3.63) is 35.4 Å². The molecule has 0 radical (unpaired) electrons. The SMILES string of the molecule is CC1(c2ccc(C(=O)N3CCN(C4CCCC4O)CC3)cc2)CCO1. The van der Waals surface area contributed by atoms with E-state index in [1.54, 1.807) is 0 Å². The minimum Gasteiger partial charge on any atom is -0.391 e. The quantitative estimate of drug-likeness (QED) is 0.911. The molecule has 3 unspecified atom stereocenters. The molecule has 1 amide bonds. The molecule has 5 heteroatoms. The molecule has 1 saturated carbocycles. The summed E-state index contributed by atoms with van der Waals surface area (Å²) >= 11 is 0. The summed E-state index contributed by atoms with van der Waals surface area (Å²) < 4.78 is 5.67. The van der Waals surface area contributed by atoms with Gasteiger partial charge in [-0.2, -0.15) is 0 Å². The smallest absolute Gasteiger partial charge is 0.253 e. The zero-order valence-corrected chi connectivity index (χ0v) is 15.0. The largest absolute Gasteiger partial charge is 0.391 e. The number of piperazine rings is 1. The summed E-state index contributed by atoms with van der Waals surface area (Å²) in [6.07, 6.45) is 3.95. The number of aliphatic hydroxyl groups excluding tert-OH is 1. The van der Waals surface area contributed by atoms with E-state index in [1.807, 2.05) is 29.2 Å². The molecule has 25 heavy (non-hydrogen) atoms. The van der Waals surface area contributed by atoms with Gasteiger partial charge in [-0.25, -0.2) is 0 Å². The Morgan fingerprint density at radius 1 is 1.16 bits per heavy atom. The zero-order chi connectivity index (χ0) is 17.4. The molecule has 0 aromatic heterocycles. The van der Waals surface area contributed by atoms with Gasteiger partial charge in [-0.15, -0.1) is 0 Å². The predicted octanol–water partition coefficient (Wildman–Crippen LogP) is 1.99. The first-order valence-corrected chi connectivity index (χ1v) is 9.53. The minimum absolute atomic E-state index is 0.109. The number of aliphatic hydroxyl groups is 1. The van der Waals surface area contributed by atoms with E-state index in [-0.39, 0.29) is 17.6 Å². The molecule has 0 spiro atoms. The van der Waals surface area contributed by atoms with Crippen molar-refractivity contribution in [1.82, 2.24) is 9.80 Å². The van der Waals surface area contributed by atoms with Crippen molar-refractivity contribution in [3.63, 3.8) is 0 Å². The average molecular weight is 344 g/mol. The van der Waals surface area contributed by atoms with E-state index in [0.29, 0.717) is 6.04 Å². The van der Waals surface area contributed by atoms with Crippen molar-refractivity contribution in [1.29, 1.82) is 0 Å². The monoisotopic (exact) mass is 344 g/mol. The van der Waals surface area contributed by atoms with Crippen LogP contribution in [0.25, 0.3) is 0 Å². The van der Waals surface area contributed by atoms with E-state index in [4.69, 9.17) is 4.74 Å². The van der Waals surface area contributed by atoms with E-state index < -0.39 is 0 Å². The van der Waals surface area contributed by atoms with Gasteiger partial charge in [-0.05, 0) is 43.9 Å². The second-order valence-corrected chi connectivity index (χ2v) is 7.80. The average Bonchev–Trinajstić information content (AvgIpc) is 3.05. The standard InChI is InChI=1S/C20H28N2O3/c1-20(9-14-25-20)16-7-5-15(6-8-16)19(24)22-12-10-21(11-13-22)17-3-2-4-18(17)23/h5-8,17-18,23H,2-4,9-14H2,1H3. The van der Waals surface area contributed by atoms with Gasteiger partial charge >= 0.3 is 0 Å². The second-order valence-electron chi connectivity index (χ2n) is 7.80. The third-order valence-corrected chi connectivity index (χ3v) is 6.26. The molecule has 1 aliphatic carbocycles.